The van der Waals surface area contributed by atoms with Gasteiger partial charge in [-0.25, -0.2) is 9.59 Å². The number of allylic oxidation sites excluding steroid dienone is 2. The minimum absolute atomic E-state index is 0.321. The van der Waals surface area contributed by atoms with Crippen LogP contribution in [0.3, 0.4) is 0 Å². The van der Waals surface area contributed by atoms with Crippen LogP contribution in [0.25, 0.3) is 11.1 Å². The minimum Gasteiger partial charge on any atom is -0.435 e. The quantitative estimate of drug-likeness (QED) is 0.108. The van der Waals surface area contributed by atoms with Gasteiger partial charge in [-0.3, -0.25) is 21.4 Å². The largest absolute Gasteiger partial charge is 0.435 e. The molecule has 8 nitrogen and oxygen atoms in total. The minimum atomic E-state index is -1.32. The van der Waals surface area contributed by atoms with Gasteiger partial charge in [0.1, 0.15) is 0 Å². The van der Waals surface area contributed by atoms with E-state index in [0.29, 0.717) is 55.2 Å². The molecular weight excluding hydrogens is 646 g/mol. The number of nitrogens with zero attached hydrogens (tertiary/aromatic N) is 2. The number of rotatable bonds is 10. The van der Waals surface area contributed by atoms with Gasteiger partial charge in [0.05, 0.1) is 0 Å². The van der Waals surface area contributed by atoms with Crippen molar-refractivity contribution in [2.45, 2.75) is 25.3 Å². The first-order valence-electron chi connectivity index (χ1n) is 13.1. The predicted molar refractivity (Wildman–Crippen MR) is 173 cm³/mol. The third-order valence-electron chi connectivity index (χ3n) is 6.24. The summed E-state index contributed by atoms with van der Waals surface area (Å²) in [7, 11) is 0. The number of hydrogen-bond acceptors (Lipinski definition) is 8. The molecule has 4 rings (SSSR count). The van der Waals surface area contributed by atoms with Crippen LogP contribution in [0, 0.1) is 0 Å². The summed E-state index contributed by atoms with van der Waals surface area (Å²) in [5.41, 5.74) is 16.4. The molecule has 0 aliphatic heterocycles. The molecule has 0 fully saturated rings. The molecule has 4 N–H and O–H groups in total. The maximum atomic E-state index is 12.6. The first-order chi connectivity index (χ1) is 21.1. The Hall–Kier alpha value is -3.76. The van der Waals surface area contributed by atoms with Crippen molar-refractivity contribution in [3.8, 4) is 0 Å². The summed E-state index contributed by atoms with van der Waals surface area (Å²) < 4.78 is 10.3. The topological polar surface area (TPSA) is 130 Å². The number of halogens is 4. The molecule has 0 bridgehead atoms. The van der Waals surface area contributed by atoms with E-state index in [1.54, 1.807) is 73.3 Å². The van der Waals surface area contributed by atoms with Gasteiger partial charge >= 0.3 is 11.9 Å². The average Bonchev–Trinajstić information content (AvgIpc) is 2.99. The van der Waals surface area contributed by atoms with Crippen LogP contribution in [0.15, 0.2) is 97.6 Å². The van der Waals surface area contributed by atoms with Crippen LogP contribution in [0.2, 0.25) is 20.1 Å². The Labute approximate surface area is 274 Å². The maximum absolute atomic E-state index is 12.6. The normalized spacial score (nSPS) is 13.2. The lowest BCUT2D eigenvalue weighted by atomic mass is 9.98. The number of carbonyl (C=O) groups excluding carboxylic acids is 2. The fourth-order valence-electron chi connectivity index (χ4n) is 4.17. The van der Waals surface area contributed by atoms with Gasteiger partial charge in [0.15, 0.2) is 12.5 Å². The molecule has 0 amide bonds. The monoisotopic (exact) mass is 670 g/mol. The number of aromatic nitrogens is 2. The third-order valence-corrected chi connectivity index (χ3v) is 7.41. The van der Waals surface area contributed by atoms with Crippen molar-refractivity contribution in [1.29, 1.82) is 0 Å². The summed E-state index contributed by atoms with van der Waals surface area (Å²) in [6.07, 6.45) is 7.50. The third kappa shape index (κ3) is 9.62. The van der Waals surface area contributed by atoms with Gasteiger partial charge in [-0.1, -0.05) is 70.7 Å². The molecule has 0 saturated heterocycles. The second kappa shape index (κ2) is 15.8. The fraction of sp³-hybridized carbons (Fsp3) is 0.125. The molecule has 4 aromatic rings. The first kappa shape index (κ1) is 33.1. The molecule has 2 aromatic carbocycles. The van der Waals surface area contributed by atoms with E-state index in [0.717, 1.165) is 11.1 Å². The average molecular weight is 672 g/mol. The molecule has 0 aliphatic rings. The van der Waals surface area contributed by atoms with E-state index in [1.165, 1.54) is 12.2 Å². The van der Waals surface area contributed by atoms with Crippen molar-refractivity contribution >= 4 is 69.5 Å². The van der Waals surface area contributed by atoms with Crippen LogP contribution in [0.4, 0.5) is 0 Å². The van der Waals surface area contributed by atoms with Gasteiger partial charge in [-0.15, -0.1) is 0 Å². The lowest BCUT2D eigenvalue weighted by Gasteiger charge is -2.16. The fourth-order valence-corrected chi connectivity index (χ4v) is 5.12. The van der Waals surface area contributed by atoms with Gasteiger partial charge in [0.25, 0.3) is 0 Å². The zero-order chi connectivity index (χ0) is 31.6. The molecule has 2 atom stereocenters. The highest BCUT2D eigenvalue weighted by Crippen LogP contribution is 2.28. The summed E-state index contributed by atoms with van der Waals surface area (Å²) in [6.45, 7) is 0. The van der Waals surface area contributed by atoms with Crippen molar-refractivity contribution in [2.75, 3.05) is 0 Å². The molecule has 44 heavy (non-hydrogen) atoms. The molecule has 12 heteroatoms. The van der Waals surface area contributed by atoms with Crippen molar-refractivity contribution in [2.24, 2.45) is 11.5 Å². The zero-order valence-electron chi connectivity index (χ0n) is 23.0. The summed E-state index contributed by atoms with van der Waals surface area (Å²) >= 11 is 24.8. The number of esters is 2. The summed E-state index contributed by atoms with van der Waals surface area (Å²) in [5, 5.41) is 1.88. The maximum Gasteiger partial charge on any atom is 0.419 e. The Balaban J connectivity index is 1.47. The van der Waals surface area contributed by atoms with Gasteiger partial charge in [0.2, 0.25) is 0 Å². The Morgan fingerprint density at radius 2 is 1.09 bits per heavy atom. The molecule has 2 heterocycles. The number of hydrogen-bond donors (Lipinski definition) is 2. The molecular formula is C32H26Cl4N4O4. The number of benzene rings is 2. The Kier molecular flexibility index (Phi) is 11.9. The van der Waals surface area contributed by atoms with Gasteiger partial charge in [-0.2, -0.15) is 0 Å². The van der Waals surface area contributed by atoms with Crippen LogP contribution >= 0.6 is 46.4 Å². The number of pyridine rings is 2. The molecule has 0 saturated carbocycles. The van der Waals surface area contributed by atoms with Crippen molar-refractivity contribution in [1.82, 2.24) is 9.97 Å². The van der Waals surface area contributed by atoms with Crippen molar-refractivity contribution < 1.29 is 19.1 Å². The van der Waals surface area contributed by atoms with Gasteiger partial charge in [-0.05, 0) is 94.8 Å². The van der Waals surface area contributed by atoms with E-state index in [-0.39, 0.29) is 0 Å². The summed E-state index contributed by atoms with van der Waals surface area (Å²) in [4.78, 5) is 33.5. The molecule has 2 aromatic heterocycles. The van der Waals surface area contributed by atoms with Crippen LogP contribution in [-0.2, 0) is 31.9 Å². The molecule has 2 unspecified atom stereocenters. The number of ether oxygens (including phenoxy) is 2. The Morgan fingerprint density at radius 1 is 0.682 bits per heavy atom. The molecule has 0 radical (unpaired) electrons. The number of nitrogens with two attached hydrogens (primary N) is 2. The summed E-state index contributed by atoms with van der Waals surface area (Å²) in [5.74, 6) is -2.65. The highest BCUT2D eigenvalue weighted by Gasteiger charge is 2.23. The van der Waals surface area contributed by atoms with E-state index < -0.39 is 24.4 Å². The van der Waals surface area contributed by atoms with Crippen LogP contribution < -0.4 is 11.5 Å². The SMILES string of the molecule is NC(C=C(Cc1ccc(Cl)cc1Cl)c1cccnc1)OC(=O)C(=O)OC(N)C=C(Cc1ccc(Cl)cc1Cl)c1cccnc1. The highest BCUT2D eigenvalue weighted by molar-refractivity contribution is 6.35. The van der Waals surface area contributed by atoms with Crippen LogP contribution in [0.5, 0.6) is 0 Å². The van der Waals surface area contributed by atoms with Crippen LogP contribution in [-0.4, -0.2) is 34.4 Å². The van der Waals surface area contributed by atoms with E-state index in [2.05, 4.69) is 9.97 Å². The predicted octanol–water partition coefficient (Wildman–Crippen LogP) is 6.70. The molecule has 0 aliphatic carbocycles. The highest BCUT2D eigenvalue weighted by atomic mass is 35.5. The molecule has 0 spiro atoms. The lowest BCUT2D eigenvalue weighted by molar-refractivity contribution is -0.171. The van der Waals surface area contributed by atoms with Gasteiger partial charge in [0, 0.05) is 44.9 Å². The smallest absolute Gasteiger partial charge is 0.419 e. The second-order valence-electron chi connectivity index (χ2n) is 9.43. The van der Waals surface area contributed by atoms with Crippen molar-refractivity contribution in [3.05, 3.63) is 140 Å². The summed E-state index contributed by atoms with van der Waals surface area (Å²) in [6, 6.07) is 17.3. The van der Waals surface area contributed by atoms with E-state index in [9.17, 15) is 9.59 Å². The molecule has 226 valence electrons. The lowest BCUT2D eigenvalue weighted by Crippen LogP contribution is -2.34. The van der Waals surface area contributed by atoms with E-state index in [4.69, 9.17) is 67.3 Å². The van der Waals surface area contributed by atoms with E-state index in [1.807, 2.05) is 12.1 Å². The van der Waals surface area contributed by atoms with Crippen molar-refractivity contribution in [3.63, 3.8) is 0 Å². The second-order valence-corrected chi connectivity index (χ2v) is 11.1. The van der Waals surface area contributed by atoms with Gasteiger partial charge < -0.3 is 9.47 Å². The first-order valence-corrected chi connectivity index (χ1v) is 14.6. The Morgan fingerprint density at radius 3 is 1.43 bits per heavy atom. The number of carbonyl (C=O) groups is 2. The van der Waals surface area contributed by atoms with E-state index >= 15 is 0 Å². The standard InChI is InChI=1S/C32H26Cl4N4O4/c33-25-7-5-19(27(35)15-25)11-23(21-3-1-9-39-17-21)13-29(37)43-31(41)32(42)44-30(38)14-24(22-4-2-10-40-18-22)12-20-6-8-26(34)16-28(20)36/h1-10,13-18,29-30H,11-12,37-38H2. The Bertz CT molecular complexity index is 1560. The zero-order valence-corrected chi connectivity index (χ0v) is 26.0. The van der Waals surface area contributed by atoms with Crippen LogP contribution in [0.1, 0.15) is 22.3 Å².